The molecular formula is C6H14N2O4. The number of hydrogen-bond acceptors (Lipinski definition) is 4. The summed E-state index contributed by atoms with van der Waals surface area (Å²) in [6.45, 7) is 1.46. The van der Waals surface area contributed by atoms with E-state index in [-0.39, 0.29) is 6.54 Å². The molecule has 6 N–H and O–H groups in total. The Labute approximate surface area is 70.2 Å². The predicted octanol–water partition coefficient (Wildman–Crippen LogP) is -1.16. The number of carboxylic acid groups (broad SMARTS) is 2. The van der Waals surface area contributed by atoms with Crippen molar-refractivity contribution in [3.8, 4) is 0 Å². The third-order valence-corrected chi connectivity index (χ3v) is 0.932. The van der Waals surface area contributed by atoms with E-state index in [1.165, 1.54) is 0 Å². The van der Waals surface area contributed by atoms with Gasteiger partial charge in [-0.1, -0.05) is 6.92 Å². The minimum Gasteiger partial charge on any atom is -0.480 e. The van der Waals surface area contributed by atoms with Gasteiger partial charge in [0.05, 0.1) is 6.54 Å². The largest absolute Gasteiger partial charge is 0.480 e. The second-order valence-electron chi connectivity index (χ2n) is 1.95. The van der Waals surface area contributed by atoms with Crippen LogP contribution in [0.5, 0.6) is 0 Å². The third kappa shape index (κ3) is 11.6. The molecule has 0 aliphatic carbocycles. The van der Waals surface area contributed by atoms with Gasteiger partial charge in [-0.25, -0.2) is 0 Å². The van der Waals surface area contributed by atoms with Crippen molar-refractivity contribution in [2.24, 2.45) is 11.5 Å². The van der Waals surface area contributed by atoms with Crippen LogP contribution in [-0.2, 0) is 9.59 Å². The number of hydrogen-bond donors (Lipinski definition) is 4. The SMILES string of the molecule is CCC(N)C(=O)O.NCC(=O)O. The summed E-state index contributed by atoms with van der Waals surface area (Å²) < 4.78 is 0. The number of carboxylic acids is 2. The highest BCUT2D eigenvalue weighted by Crippen LogP contribution is 1.82. The topological polar surface area (TPSA) is 127 Å². The maximum Gasteiger partial charge on any atom is 0.320 e. The first-order chi connectivity index (χ1) is 5.45. The molecule has 0 aliphatic rings. The number of aliphatic carboxylic acids is 2. The van der Waals surface area contributed by atoms with Gasteiger partial charge in [-0.05, 0) is 6.42 Å². The van der Waals surface area contributed by atoms with Crippen LogP contribution in [0.2, 0.25) is 0 Å². The molecule has 0 aliphatic heterocycles. The monoisotopic (exact) mass is 178 g/mol. The summed E-state index contributed by atoms with van der Waals surface area (Å²) >= 11 is 0. The predicted molar refractivity (Wildman–Crippen MR) is 42.6 cm³/mol. The molecule has 0 radical (unpaired) electrons. The minimum absolute atomic E-state index is 0.278. The van der Waals surface area contributed by atoms with Crippen molar-refractivity contribution < 1.29 is 19.8 Å². The molecule has 0 bridgehead atoms. The Bertz CT molecular complexity index is 148. The van der Waals surface area contributed by atoms with Crippen molar-refractivity contribution in [2.75, 3.05) is 6.54 Å². The Morgan fingerprint density at radius 2 is 1.75 bits per heavy atom. The highest BCUT2D eigenvalue weighted by molar-refractivity contribution is 5.72. The highest BCUT2D eigenvalue weighted by Gasteiger charge is 2.05. The maximum absolute atomic E-state index is 9.81. The van der Waals surface area contributed by atoms with Gasteiger partial charge < -0.3 is 21.7 Å². The van der Waals surface area contributed by atoms with E-state index in [2.05, 4.69) is 5.73 Å². The minimum atomic E-state index is -0.968. The molecule has 0 aromatic rings. The Morgan fingerprint density at radius 1 is 1.42 bits per heavy atom. The van der Waals surface area contributed by atoms with E-state index in [9.17, 15) is 9.59 Å². The first-order valence-electron chi connectivity index (χ1n) is 3.35. The van der Waals surface area contributed by atoms with Crippen molar-refractivity contribution in [1.29, 1.82) is 0 Å². The molecule has 72 valence electrons. The molecule has 1 unspecified atom stereocenters. The summed E-state index contributed by atoms with van der Waals surface area (Å²) in [6.07, 6.45) is 0.495. The zero-order chi connectivity index (χ0) is 10.1. The summed E-state index contributed by atoms with van der Waals surface area (Å²) in [5, 5.41) is 15.7. The van der Waals surface area contributed by atoms with Crippen LogP contribution in [0.4, 0.5) is 0 Å². The van der Waals surface area contributed by atoms with Crippen LogP contribution in [-0.4, -0.2) is 34.7 Å². The van der Waals surface area contributed by atoms with Gasteiger partial charge in [-0.3, -0.25) is 9.59 Å². The van der Waals surface area contributed by atoms with Crippen LogP contribution >= 0.6 is 0 Å². The normalized spacial score (nSPS) is 10.9. The molecular weight excluding hydrogens is 164 g/mol. The molecule has 0 spiro atoms. The first-order valence-corrected chi connectivity index (χ1v) is 3.35. The van der Waals surface area contributed by atoms with Crippen molar-refractivity contribution in [3.05, 3.63) is 0 Å². The smallest absolute Gasteiger partial charge is 0.320 e. The molecule has 0 saturated carbocycles. The molecule has 0 amide bonds. The van der Waals surface area contributed by atoms with Crippen molar-refractivity contribution in [2.45, 2.75) is 19.4 Å². The lowest BCUT2D eigenvalue weighted by molar-refractivity contribution is -0.138. The van der Waals surface area contributed by atoms with Gasteiger partial charge >= 0.3 is 11.9 Å². The molecule has 12 heavy (non-hydrogen) atoms. The molecule has 0 fully saturated rings. The van der Waals surface area contributed by atoms with Crippen molar-refractivity contribution in [1.82, 2.24) is 0 Å². The lowest BCUT2D eigenvalue weighted by Crippen LogP contribution is -2.28. The molecule has 0 rings (SSSR count). The summed E-state index contributed by atoms with van der Waals surface area (Å²) in [5.41, 5.74) is 9.59. The van der Waals surface area contributed by atoms with E-state index >= 15 is 0 Å². The Balaban J connectivity index is 0. The van der Waals surface area contributed by atoms with Gasteiger partial charge in [-0.15, -0.1) is 0 Å². The van der Waals surface area contributed by atoms with E-state index < -0.39 is 18.0 Å². The second-order valence-corrected chi connectivity index (χ2v) is 1.95. The van der Waals surface area contributed by atoms with E-state index in [1.54, 1.807) is 6.92 Å². The molecule has 0 saturated heterocycles. The number of rotatable bonds is 3. The van der Waals surface area contributed by atoms with Gasteiger partial charge in [0.25, 0.3) is 0 Å². The summed E-state index contributed by atoms with van der Waals surface area (Å²) in [6, 6.07) is -0.681. The fraction of sp³-hybridized carbons (Fsp3) is 0.667. The molecule has 0 aromatic carbocycles. The average Bonchev–Trinajstić information content (AvgIpc) is 2.04. The van der Waals surface area contributed by atoms with E-state index in [4.69, 9.17) is 15.9 Å². The van der Waals surface area contributed by atoms with Gasteiger partial charge in [0.15, 0.2) is 0 Å². The summed E-state index contributed by atoms with van der Waals surface area (Å²) in [5.74, 6) is -1.90. The Hall–Kier alpha value is -1.14. The fourth-order valence-corrected chi connectivity index (χ4v) is 0.175. The zero-order valence-corrected chi connectivity index (χ0v) is 6.86. The van der Waals surface area contributed by atoms with E-state index in [1.807, 2.05) is 0 Å². The lowest BCUT2D eigenvalue weighted by Gasteiger charge is -1.97. The molecule has 0 aromatic heterocycles. The summed E-state index contributed by atoms with van der Waals surface area (Å²) in [4.78, 5) is 19.0. The van der Waals surface area contributed by atoms with Crippen molar-refractivity contribution in [3.63, 3.8) is 0 Å². The van der Waals surface area contributed by atoms with Crippen LogP contribution in [0.15, 0.2) is 0 Å². The standard InChI is InChI=1S/C4H9NO2.C2H5NO2/c1-2-3(5)4(6)7;3-1-2(4)5/h3H,2,5H2,1H3,(H,6,7);1,3H2,(H,4,5). The quantitative estimate of drug-likeness (QED) is 0.431. The third-order valence-electron chi connectivity index (χ3n) is 0.932. The fourth-order valence-electron chi connectivity index (χ4n) is 0.175. The maximum atomic E-state index is 9.81. The van der Waals surface area contributed by atoms with Crippen LogP contribution in [0, 0.1) is 0 Å². The molecule has 1 atom stereocenters. The van der Waals surface area contributed by atoms with Crippen LogP contribution in [0.1, 0.15) is 13.3 Å². The Morgan fingerprint density at radius 3 is 1.75 bits per heavy atom. The average molecular weight is 178 g/mol. The molecule has 6 nitrogen and oxygen atoms in total. The highest BCUT2D eigenvalue weighted by atomic mass is 16.4. The van der Waals surface area contributed by atoms with Gasteiger partial charge in [0, 0.05) is 0 Å². The Kier molecular flexibility index (Phi) is 8.92. The van der Waals surface area contributed by atoms with Gasteiger partial charge in [0.1, 0.15) is 6.04 Å². The second kappa shape index (κ2) is 7.96. The molecule has 6 heteroatoms. The van der Waals surface area contributed by atoms with Crippen molar-refractivity contribution >= 4 is 11.9 Å². The lowest BCUT2D eigenvalue weighted by atomic mass is 10.2. The van der Waals surface area contributed by atoms with Crippen LogP contribution in [0.25, 0.3) is 0 Å². The first kappa shape index (κ1) is 13.4. The van der Waals surface area contributed by atoms with Crippen LogP contribution in [0.3, 0.4) is 0 Å². The zero-order valence-electron chi connectivity index (χ0n) is 6.86. The molecule has 0 heterocycles. The van der Waals surface area contributed by atoms with E-state index in [0.29, 0.717) is 6.42 Å². The summed E-state index contributed by atoms with van der Waals surface area (Å²) in [7, 11) is 0. The van der Waals surface area contributed by atoms with E-state index in [0.717, 1.165) is 0 Å². The van der Waals surface area contributed by atoms with Gasteiger partial charge in [-0.2, -0.15) is 0 Å². The van der Waals surface area contributed by atoms with Crippen LogP contribution < -0.4 is 11.5 Å². The number of carbonyl (C=O) groups is 2. The van der Waals surface area contributed by atoms with Gasteiger partial charge in [0.2, 0.25) is 0 Å². The number of nitrogens with two attached hydrogens (primary N) is 2.